The van der Waals surface area contributed by atoms with E-state index in [2.05, 4.69) is 26.8 Å². The fourth-order valence-electron chi connectivity index (χ4n) is 1.20. The molecule has 0 atom stereocenters. The first-order valence-electron chi connectivity index (χ1n) is 3.40. The van der Waals surface area contributed by atoms with Crippen LogP contribution in [-0.2, 0) is 4.74 Å². The van der Waals surface area contributed by atoms with E-state index in [-0.39, 0.29) is 29.6 Å². The lowest BCUT2D eigenvalue weighted by Crippen LogP contribution is -2.27. The Kier molecular flexibility index (Phi) is 3.88. The first-order valence-corrected chi connectivity index (χ1v) is 3.40. The SMILES string of the molecule is CC1=CCOC(C)(C)C1.I. The van der Waals surface area contributed by atoms with Gasteiger partial charge in [-0.25, -0.2) is 0 Å². The van der Waals surface area contributed by atoms with Crippen molar-refractivity contribution in [3.63, 3.8) is 0 Å². The summed E-state index contributed by atoms with van der Waals surface area (Å²) in [6.07, 6.45) is 3.22. The first kappa shape index (κ1) is 10.4. The lowest BCUT2D eigenvalue weighted by atomic mass is 9.97. The van der Waals surface area contributed by atoms with Gasteiger partial charge in [0.2, 0.25) is 0 Å². The zero-order chi connectivity index (χ0) is 6.91. The van der Waals surface area contributed by atoms with Gasteiger partial charge < -0.3 is 4.74 Å². The van der Waals surface area contributed by atoms with Gasteiger partial charge in [0.15, 0.2) is 0 Å². The Hall–Kier alpha value is 0.430. The van der Waals surface area contributed by atoms with Gasteiger partial charge in [-0.1, -0.05) is 11.6 Å². The van der Waals surface area contributed by atoms with Crippen molar-refractivity contribution in [2.45, 2.75) is 32.8 Å². The predicted octanol–water partition coefficient (Wildman–Crippen LogP) is 2.75. The summed E-state index contributed by atoms with van der Waals surface area (Å²) in [4.78, 5) is 0. The molecular formula is C8H15IO. The van der Waals surface area contributed by atoms with Crippen molar-refractivity contribution in [2.24, 2.45) is 0 Å². The maximum Gasteiger partial charge on any atom is 0.0667 e. The van der Waals surface area contributed by atoms with Crippen LogP contribution in [0.15, 0.2) is 11.6 Å². The standard InChI is InChI=1S/C8H14O.HI/c1-7-4-5-9-8(2,3)6-7;/h4H,5-6H2,1-3H3;1H. The lowest BCUT2D eigenvalue weighted by molar-refractivity contribution is -0.00930. The molecule has 0 amide bonds. The quantitative estimate of drug-likeness (QED) is 0.477. The van der Waals surface area contributed by atoms with Crippen LogP contribution in [-0.4, -0.2) is 12.2 Å². The van der Waals surface area contributed by atoms with E-state index in [1.165, 1.54) is 5.57 Å². The molecule has 0 unspecified atom stereocenters. The summed E-state index contributed by atoms with van der Waals surface area (Å²) in [5, 5.41) is 0. The summed E-state index contributed by atoms with van der Waals surface area (Å²) in [5.41, 5.74) is 1.53. The molecule has 0 N–H and O–H groups in total. The second kappa shape index (κ2) is 3.72. The first-order chi connectivity index (χ1) is 4.10. The van der Waals surface area contributed by atoms with E-state index in [4.69, 9.17) is 4.74 Å². The second-order valence-electron chi connectivity index (χ2n) is 3.30. The number of ether oxygens (including phenoxy) is 1. The van der Waals surface area contributed by atoms with Crippen molar-refractivity contribution >= 4 is 24.0 Å². The third-order valence-electron chi connectivity index (χ3n) is 1.61. The summed E-state index contributed by atoms with van der Waals surface area (Å²) < 4.78 is 5.46. The average molecular weight is 254 g/mol. The highest BCUT2D eigenvalue weighted by molar-refractivity contribution is 14.0. The van der Waals surface area contributed by atoms with Gasteiger partial charge in [-0.05, 0) is 27.2 Å². The van der Waals surface area contributed by atoms with Gasteiger partial charge in [0.05, 0.1) is 12.2 Å². The van der Waals surface area contributed by atoms with E-state index >= 15 is 0 Å². The third-order valence-corrected chi connectivity index (χ3v) is 1.61. The zero-order valence-corrected chi connectivity index (χ0v) is 9.14. The van der Waals surface area contributed by atoms with E-state index in [1.807, 2.05) is 0 Å². The minimum atomic E-state index is 0. The van der Waals surface area contributed by atoms with Crippen molar-refractivity contribution in [3.8, 4) is 0 Å². The molecule has 0 aliphatic carbocycles. The van der Waals surface area contributed by atoms with Crippen LogP contribution >= 0.6 is 24.0 Å². The number of rotatable bonds is 0. The van der Waals surface area contributed by atoms with Crippen LogP contribution in [0.4, 0.5) is 0 Å². The zero-order valence-electron chi connectivity index (χ0n) is 6.81. The van der Waals surface area contributed by atoms with E-state index in [0.717, 1.165) is 13.0 Å². The Balaban J connectivity index is 0.000000810. The molecule has 1 heterocycles. The molecule has 1 nitrogen and oxygen atoms in total. The molecule has 0 aromatic rings. The van der Waals surface area contributed by atoms with Crippen LogP contribution in [0.25, 0.3) is 0 Å². The molecule has 10 heavy (non-hydrogen) atoms. The van der Waals surface area contributed by atoms with E-state index in [9.17, 15) is 0 Å². The van der Waals surface area contributed by atoms with Gasteiger partial charge in [0, 0.05) is 0 Å². The van der Waals surface area contributed by atoms with Crippen LogP contribution in [0.1, 0.15) is 27.2 Å². The topological polar surface area (TPSA) is 9.23 Å². The van der Waals surface area contributed by atoms with Gasteiger partial charge in [-0.2, -0.15) is 0 Å². The smallest absolute Gasteiger partial charge is 0.0667 e. The van der Waals surface area contributed by atoms with Crippen molar-refractivity contribution in [1.82, 2.24) is 0 Å². The van der Waals surface area contributed by atoms with Crippen molar-refractivity contribution in [1.29, 1.82) is 0 Å². The largest absolute Gasteiger partial charge is 0.371 e. The molecule has 0 aromatic carbocycles. The fraction of sp³-hybridized carbons (Fsp3) is 0.750. The molecule has 0 radical (unpaired) electrons. The molecule has 2 heteroatoms. The molecule has 0 fully saturated rings. The van der Waals surface area contributed by atoms with Gasteiger partial charge >= 0.3 is 0 Å². The third kappa shape index (κ3) is 3.01. The number of halogens is 1. The highest BCUT2D eigenvalue weighted by Gasteiger charge is 2.20. The van der Waals surface area contributed by atoms with Gasteiger partial charge in [0.1, 0.15) is 0 Å². The molecule has 0 saturated carbocycles. The van der Waals surface area contributed by atoms with Crippen LogP contribution < -0.4 is 0 Å². The summed E-state index contributed by atoms with van der Waals surface area (Å²) >= 11 is 0. The molecule has 0 aromatic heterocycles. The van der Waals surface area contributed by atoms with E-state index in [1.54, 1.807) is 0 Å². The summed E-state index contributed by atoms with van der Waals surface area (Å²) in [5.74, 6) is 0. The van der Waals surface area contributed by atoms with Gasteiger partial charge in [-0.15, -0.1) is 24.0 Å². The van der Waals surface area contributed by atoms with Crippen molar-refractivity contribution in [2.75, 3.05) is 6.61 Å². The summed E-state index contributed by atoms with van der Waals surface area (Å²) in [7, 11) is 0. The van der Waals surface area contributed by atoms with Crippen LogP contribution in [0.2, 0.25) is 0 Å². The molecule has 0 spiro atoms. The van der Waals surface area contributed by atoms with Crippen LogP contribution in [0, 0.1) is 0 Å². The molecule has 60 valence electrons. The summed E-state index contributed by atoms with van der Waals surface area (Å²) in [6.45, 7) is 7.20. The molecule has 1 rings (SSSR count). The maximum absolute atomic E-state index is 5.46. The Morgan fingerprint density at radius 1 is 1.50 bits per heavy atom. The number of hydrogen-bond acceptors (Lipinski definition) is 1. The van der Waals surface area contributed by atoms with Gasteiger partial charge in [0.25, 0.3) is 0 Å². The highest BCUT2D eigenvalue weighted by Crippen LogP contribution is 2.23. The normalized spacial score (nSPS) is 22.9. The molecule has 1 aliphatic rings. The van der Waals surface area contributed by atoms with Crippen LogP contribution in [0.3, 0.4) is 0 Å². The second-order valence-corrected chi connectivity index (χ2v) is 3.30. The lowest BCUT2D eigenvalue weighted by Gasteiger charge is -2.28. The minimum absolute atomic E-state index is 0. The van der Waals surface area contributed by atoms with Crippen LogP contribution in [0.5, 0.6) is 0 Å². The minimum Gasteiger partial charge on any atom is -0.371 e. The predicted molar refractivity (Wildman–Crippen MR) is 53.8 cm³/mol. The molecule has 0 bridgehead atoms. The Morgan fingerprint density at radius 2 is 2.10 bits per heavy atom. The van der Waals surface area contributed by atoms with Gasteiger partial charge in [-0.3, -0.25) is 0 Å². The molecule has 0 saturated heterocycles. The Bertz CT molecular complexity index is 138. The Morgan fingerprint density at radius 3 is 2.40 bits per heavy atom. The average Bonchev–Trinajstić information content (AvgIpc) is 1.60. The van der Waals surface area contributed by atoms with E-state index < -0.39 is 0 Å². The monoisotopic (exact) mass is 254 g/mol. The highest BCUT2D eigenvalue weighted by atomic mass is 127. The maximum atomic E-state index is 5.46. The Labute approximate surface area is 79.9 Å². The fourth-order valence-corrected chi connectivity index (χ4v) is 1.20. The number of hydrogen-bond donors (Lipinski definition) is 0. The molecular weight excluding hydrogens is 239 g/mol. The van der Waals surface area contributed by atoms with Crippen molar-refractivity contribution < 1.29 is 4.74 Å². The van der Waals surface area contributed by atoms with E-state index in [0.29, 0.717) is 0 Å². The van der Waals surface area contributed by atoms with Crippen molar-refractivity contribution in [3.05, 3.63) is 11.6 Å². The summed E-state index contributed by atoms with van der Waals surface area (Å²) in [6, 6.07) is 0. The molecule has 1 aliphatic heterocycles.